The third-order valence-corrected chi connectivity index (χ3v) is 3.12. The van der Waals surface area contributed by atoms with Gasteiger partial charge in [0.1, 0.15) is 5.75 Å². The molecule has 0 aliphatic heterocycles. The van der Waals surface area contributed by atoms with Crippen molar-refractivity contribution in [2.45, 2.75) is 39.7 Å². The van der Waals surface area contributed by atoms with Gasteiger partial charge in [0.15, 0.2) is 0 Å². The van der Waals surface area contributed by atoms with Crippen LogP contribution >= 0.6 is 0 Å². The molecule has 0 saturated heterocycles. The Morgan fingerprint density at radius 3 is 2.74 bits per heavy atom. The van der Waals surface area contributed by atoms with Gasteiger partial charge in [-0.1, -0.05) is 19.1 Å². The van der Waals surface area contributed by atoms with Gasteiger partial charge in [-0.2, -0.15) is 0 Å². The number of benzene rings is 1. The van der Waals surface area contributed by atoms with Gasteiger partial charge in [-0.05, 0) is 44.9 Å². The molecule has 1 aromatic carbocycles. The Bertz CT molecular complexity index is 366. The molecule has 1 atom stereocenters. The Balaban J connectivity index is 2.38. The summed E-state index contributed by atoms with van der Waals surface area (Å²) < 4.78 is 10.9. The molecule has 3 heteroatoms. The van der Waals surface area contributed by atoms with E-state index in [0.717, 1.165) is 38.3 Å². The van der Waals surface area contributed by atoms with E-state index in [9.17, 15) is 0 Å². The molecule has 1 rings (SSSR count). The van der Waals surface area contributed by atoms with Gasteiger partial charge < -0.3 is 14.8 Å². The van der Waals surface area contributed by atoms with Crippen LogP contribution in [0.15, 0.2) is 18.2 Å². The van der Waals surface area contributed by atoms with Crippen LogP contribution in [-0.4, -0.2) is 26.9 Å². The van der Waals surface area contributed by atoms with Crippen LogP contribution in [0.25, 0.3) is 0 Å². The quantitative estimate of drug-likeness (QED) is 0.693. The van der Waals surface area contributed by atoms with Crippen LogP contribution < -0.4 is 10.1 Å². The molecule has 3 nitrogen and oxygen atoms in total. The summed E-state index contributed by atoms with van der Waals surface area (Å²) in [6.45, 7) is 9.03. The Kier molecular flexibility index (Phi) is 7.53. The normalized spacial score (nSPS) is 12.4. The average molecular weight is 265 g/mol. The molecule has 0 bridgehead atoms. The number of hydrogen-bond acceptors (Lipinski definition) is 3. The van der Waals surface area contributed by atoms with Crippen LogP contribution in [-0.2, 0) is 4.74 Å². The maximum Gasteiger partial charge on any atom is 0.123 e. The molecule has 1 aromatic rings. The van der Waals surface area contributed by atoms with E-state index < -0.39 is 0 Å². The largest absolute Gasteiger partial charge is 0.496 e. The third-order valence-electron chi connectivity index (χ3n) is 3.12. The molecular weight excluding hydrogens is 238 g/mol. The van der Waals surface area contributed by atoms with Gasteiger partial charge in [0.2, 0.25) is 0 Å². The maximum atomic E-state index is 5.47. The number of rotatable bonds is 9. The monoisotopic (exact) mass is 265 g/mol. The lowest BCUT2D eigenvalue weighted by atomic mass is 10.0. The zero-order valence-electron chi connectivity index (χ0n) is 12.7. The highest BCUT2D eigenvalue weighted by molar-refractivity contribution is 5.38. The van der Waals surface area contributed by atoms with Gasteiger partial charge >= 0.3 is 0 Å². The summed E-state index contributed by atoms with van der Waals surface area (Å²) in [6.07, 6.45) is 2.13. The summed E-state index contributed by atoms with van der Waals surface area (Å²) in [4.78, 5) is 0. The van der Waals surface area contributed by atoms with Crippen molar-refractivity contribution in [3.05, 3.63) is 29.3 Å². The molecule has 0 saturated carbocycles. The molecule has 0 fully saturated rings. The molecule has 108 valence electrons. The summed E-state index contributed by atoms with van der Waals surface area (Å²) in [5.74, 6) is 0.960. The minimum absolute atomic E-state index is 0.293. The Hall–Kier alpha value is -1.06. The van der Waals surface area contributed by atoms with Crippen LogP contribution in [0.5, 0.6) is 5.75 Å². The fourth-order valence-electron chi connectivity index (χ4n) is 2.03. The lowest BCUT2D eigenvalue weighted by Gasteiger charge is -2.17. The summed E-state index contributed by atoms with van der Waals surface area (Å²) in [6, 6.07) is 6.64. The number of ether oxygens (including phenoxy) is 2. The standard InChI is InChI=1S/C16H27NO2/c1-5-10-19-11-6-9-17-14(3)15-8-7-13(2)12-16(15)18-4/h7-8,12,14,17H,5-6,9-11H2,1-4H3. The Morgan fingerprint density at radius 1 is 1.26 bits per heavy atom. The summed E-state index contributed by atoms with van der Waals surface area (Å²) in [5.41, 5.74) is 2.43. The Labute approximate surface area is 117 Å². The molecule has 1 unspecified atom stereocenters. The Morgan fingerprint density at radius 2 is 2.05 bits per heavy atom. The molecule has 1 N–H and O–H groups in total. The molecule has 0 aliphatic carbocycles. The SMILES string of the molecule is CCCOCCCNC(C)c1ccc(C)cc1OC. The second kappa shape index (κ2) is 8.94. The average Bonchev–Trinajstić information content (AvgIpc) is 2.42. The third kappa shape index (κ3) is 5.62. The van der Waals surface area contributed by atoms with E-state index in [1.54, 1.807) is 7.11 Å². The second-order valence-electron chi connectivity index (χ2n) is 4.89. The zero-order chi connectivity index (χ0) is 14.1. The van der Waals surface area contributed by atoms with Gasteiger partial charge in [0.25, 0.3) is 0 Å². The van der Waals surface area contributed by atoms with Crippen molar-refractivity contribution < 1.29 is 9.47 Å². The van der Waals surface area contributed by atoms with Gasteiger partial charge in [0, 0.05) is 24.8 Å². The van der Waals surface area contributed by atoms with E-state index >= 15 is 0 Å². The minimum Gasteiger partial charge on any atom is -0.496 e. The molecule has 0 heterocycles. The first-order valence-electron chi connectivity index (χ1n) is 7.14. The number of methoxy groups -OCH3 is 1. The van der Waals surface area contributed by atoms with Crippen LogP contribution in [0, 0.1) is 6.92 Å². The van der Waals surface area contributed by atoms with E-state index in [4.69, 9.17) is 9.47 Å². The van der Waals surface area contributed by atoms with E-state index in [1.807, 2.05) is 0 Å². The first-order chi connectivity index (χ1) is 9.19. The smallest absolute Gasteiger partial charge is 0.123 e. The van der Waals surface area contributed by atoms with Crippen molar-refractivity contribution >= 4 is 0 Å². The van der Waals surface area contributed by atoms with Gasteiger partial charge in [-0.3, -0.25) is 0 Å². The lowest BCUT2D eigenvalue weighted by Crippen LogP contribution is -2.21. The molecule has 0 aliphatic rings. The number of aryl methyl sites for hydroxylation is 1. The van der Waals surface area contributed by atoms with Gasteiger partial charge in [-0.15, -0.1) is 0 Å². The molecule has 0 spiro atoms. The van der Waals surface area contributed by atoms with Crippen molar-refractivity contribution in [1.29, 1.82) is 0 Å². The van der Waals surface area contributed by atoms with Crippen molar-refractivity contribution in [1.82, 2.24) is 5.32 Å². The summed E-state index contributed by atoms with van der Waals surface area (Å²) >= 11 is 0. The van der Waals surface area contributed by atoms with E-state index in [1.165, 1.54) is 11.1 Å². The van der Waals surface area contributed by atoms with E-state index in [-0.39, 0.29) is 0 Å². The van der Waals surface area contributed by atoms with Gasteiger partial charge in [-0.25, -0.2) is 0 Å². The van der Waals surface area contributed by atoms with Gasteiger partial charge in [0.05, 0.1) is 7.11 Å². The fraction of sp³-hybridized carbons (Fsp3) is 0.625. The molecular formula is C16H27NO2. The highest BCUT2D eigenvalue weighted by Crippen LogP contribution is 2.25. The van der Waals surface area contributed by atoms with Crippen LogP contribution in [0.3, 0.4) is 0 Å². The second-order valence-corrected chi connectivity index (χ2v) is 4.89. The summed E-state index contributed by atoms with van der Waals surface area (Å²) in [5, 5.41) is 3.51. The lowest BCUT2D eigenvalue weighted by molar-refractivity contribution is 0.131. The summed E-state index contributed by atoms with van der Waals surface area (Å²) in [7, 11) is 1.73. The molecule has 19 heavy (non-hydrogen) atoms. The van der Waals surface area contributed by atoms with E-state index in [2.05, 4.69) is 44.3 Å². The highest BCUT2D eigenvalue weighted by atomic mass is 16.5. The molecule has 0 radical (unpaired) electrons. The maximum absolute atomic E-state index is 5.47. The number of hydrogen-bond donors (Lipinski definition) is 1. The highest BCUT2D eigenvalue weighted by Gasteiger charge is 2.10. The van der Waals surface area contributed by atoms with Crippen LogP contribution in [0.2, 0.25) is 0 Å². The molecule has 0 amide bonds. The topological polar surface area (TPSA) is 30.5 Å². The predicted octanol–water partition coefficient (Wildman–Crippen LogP) is 3.47. The zero-order valence-corrected chi connectivity index (χ0v) is 12.7. The minimum atomic E-state index is 0.293. The molecule has 0 aromatic heterocycles. The first kappa shape index (κ1) is 16.0. The first-order valence-corrected chi connectivity index (χ1v) is 7.14. The van der Waals surface area contributed by atoms with Crippen molar-refractivity contribution in [3.63, 3.8) is 0 Å². The van der Waals surface area contributed by atoms with Crippen molar-refractivity contribution in [2.24, 2.45) is 0 Å². The van der Waals surface area contributed by atoms with E-state index in [0.29, 0.717) is 6.04 Å². The van der Waals surface area contributed by atoms with Crippen LogP contribution in [0.1, 0.15) is 43.9 Å². The fourth-order valence-corrected chi connectivity index (χ4v) is 2.03. The predicted molar refractivity (Wildman–Crippen MR) is 79.9 cm³/mol. The van der Waals surface area contributed by atoms with Crippen molar-refractivity contribution in [3.8, 4) is 5.75 Å². The van der Waals surface area contributed by atoms with Crippen molar-refractivity contribution in [2.75, 3.05) is 26.9 Å². The van der Waals surface area contributed by atoms with Crippen LogP contribution in [0.4, 0.5) is 0 Å². The number of nitrogens with one attached hydrogen (secondary N) is 1.